The molecule has 0 unspecified atom stereocenters. The van der Waals surface area contributed by atoms with Crippen molar-refractivity contribution in [2.75, 3.05) is 12.4 Å². The summed E-state index contributed by atoms with van der Waals surface area (Å²) >= 11 is 0. The molecule has 82 valence electrons. The van der Waals surface area contributed by atoms with Gasteiger partial charge in [-0.25, -0.2) is 17.2 Å². The van der Waals surface area contributed by atoms with Crippen molar-refractivity contribution in [1.29, 1.82) is 0 Å². The molecule has 1 aliphatic rings. The molecule has 0 saturated carbocycles. The third kappa shape index (κ3) is 2.32. The average molecular weight is 234 g/mol. The van der Waals surface area contributed by atoms with E-state index in [9.17, 15) is 17.2 Å². The van der Waals surface area contributed by atoms with Gasteiger partial charge in [0, 0.05) is 0 Å². The van der Waals surface area contributed by atoms with Crippen LogP contribution in [0.2, 0.25) is 0 Å². The predicted octanol–water partition coefficient (Wildman–Crippen LogP) is 1.14. The number of hydrogen-bond acceptors (Lipinski definition) is 3. The van der Waals surface area contributed by atoms with Crippen LogP contribution in [0, 0.1) is 11.6 Å². The number of hydrogen-bond donors (Lipinski definition) is 0. The molecule has 2 rings (SSSR count). The summed E-state index contributed by atoms with van der Waals surface area (Å²) in [4.78, 5) is -0.211. The molecule has 0 amide bonds. The fourth-order valence-electron chi connectivity index (χ4n) is 1.18. The van der Waals surface area contributed by atoms with E-state index in [0.717, 1.165) is 12.1 Å². The Bertz CT molecular complexity index is 480. The van der Waals surface area contributed by atoms with Gasteiger partial charge in [0.2, 0.25) is 0 Å². The van der Waals surface area contributed by atoms with Gasteiger partial charge < -0.3 is 4.74 Å². The molecule has 1 aromatic carbocycles. The first-order chi connectivity index (χ1) is 6.99. The van der Waals surface area contributed by atoms with Crippen LogP contribution in [0.1, 0.15) is 0 Å². The highest BCUT2D eigenvalue weighted by molar-refractivity contribution is 7.91. The molecular weight excluding hydrogens is 226 g/mol. The van der Waals surface area contributed by atoms with Gasteiger partial charge in [0.15, 0.2) is 21.5 Å². The van der Waals surface area contributed by atoms with Crippen molar-refractivity contribution in [3.63, 3.8) is 0 Å². The molecule has 1 aliphatic heterocycles. The van der Waals surface area contributed by atoms with Crippen molar-refractivity contribution in [2.24, 2.45) is 0 Å². The van der Waals surface area contributed by atoms with Gasteiger partial charge in [-0.2, -0.15) is 0 Å². The minimum Gasteiger partial charge on any atom is -0.372 e. The van der Waals surface area contributed by atoms with Crippen LogP contribution in [0.25, 0.3) is 0 Å². The van der Waals surface area contributed by atoms with Gasteiger partial charge in [-0.05, 0) is 18.2 Å². The molecule has 6 heteroatoms. The van der Waals surface area contributed by atoms with Gasteiger partial charge in [-0.3, -0.25) is 0 Å². The van der Waals surface area contributed by atoms with Crippen molar-refractivity contribution >= 4 is 9.84 Å². The van der Waals surface area contributed by atoms with Gasteiger partial charge in [-0.1, -0.05) is 0 Å². The molecule has 1 aromatic rings. The Morgan fingerprint density at radius 2 is 2.00 bits per heavy atom. The zero-order valence-electron chi connectivity index (χ0n) is 7.61. The molecule has 3 nitrogen and oxygen atoms in total. The van der Waals surface area contributed by atoms with E-state index in [0.29, 0.717) is 12.7 Å². The Balaban J connectivity index is 2.31. The molecule has 1 saturated heterocycles. The van der Waals surface area contributed by atoms with Gasteiger partial charge >= 0.3 is 0 Å². The Kier molecular flexibility index (Phi) is 2.47. The monoisotopic (exact) mass is 234 g/mol. The maximum Gasteiger partial charge on any atom is 0.181 e. The summed E-state index contributed by atoms with van der Waals surface area (Å²) in [5.41, 5.74) is 0. The lowest BCUT2D eigenvalue weighted by molar-refractivity contribution is 0.422. The normalized spacial score (nSPS) is 20.3. The topological polar surface area (TPSA) is 46.7 Å². The highest BCUT2D eigenvalue weighted by Gasteiger charge is 2.30. The third-order valence-electron chi connectivity index (χ3n) is 2.06. The molecule has 1 heterocycles. The van der Waals surface area contributed by atoms with Gasteiger partial charge in [-0.15, -0.1) is 0 Å². The number of benzene rings is 1. The molecule has 15 heavy (non-hydrogen) atoms. The third-order valence-corrected chi connectivity index (χ3v) is 3.84. The lowest BCUT2D eigenvalue weighted by atomic mass is 10.3. The van der Waals surface area contributed by atoms with Crippen LogP contribution in [0.3, 0.4) is 0 Å². The van der Waals surface area contributed by atoms with Gasteiger partial charge in [0.1, 0.15) is 0 Å². The van der Waals surface area contributed by atoms with E-state index in [4.69, 9.17) is 4.74 Å². The standard InChI is InChI=1S/C9H8F2O3S/c10-8-2-1-7(3-9(8)11)15(12,13)5-6-4-14-6/h1-3,6H,4-5H2/t6-/m1/s1. The van der Waals surface area contributed by atoms with Gasteiger partial charge in [0.25, 0.3) is 0 Å². The van der Waals surface area contributed by atoms with E-state index in [-0.39, 0.29) is 16.8 Å². The second-order valence-electron chi connectivity index (χ2n) is 3.31. The predicted molar refractivity (Wildman–Crippen MR) is 48.2 cm³/mol. The van der Waals surface area contributed by atoms with Crippen LogP contribution < -0.4 is 0 Å². The minimum atomic E-state index is -3.57. The summed E-state index contributed by atoms with van der Waals surface area (Å²) in [6.45, 7) is 0.406. The summed E-state index contributed by atoms with van der Waals surface area (Å²) in [5.74, 6) is -2.40. The number of epoxide rings is 1. The fraction of sp³-hybridized carbons (Fsp3) is 0.333. The van der Waals surface area contributed by atoms with E-state index < -0.39 is 21.5 Å². The summed E-state index contributed by atoms with van der Waals surface area (Å²) in [7, 11) is -3.57. The zero-order chi connectivity index (χ0) is 11.1. The Labute approximate surface area is 85.6 Å². The zero-order valence-corrected chi connectivity index (χ0v) is 8.43. The molecule has 1 fully saturated rings. The average Bonchev–Trinajstić information content (AvgIpc) is 2.92. The molecule has 0 radical (unpaired) electrons. The summed E-state index contributed by atoms with van der Waals surface area (Å²) in [6.07, 6.45) is -0.303. The quantitative estimate of drug-likeness (QED) is 0.582. The highest BCUT2D eigenvalue weighted by Crippen LogP contribution is 2.20. The van der Waals surface area contributed by atoms with Crippen LogP contribution in [0.15, 0.2) is 23.1 Å². The number of rotatable bonds is 3. The van der Waals surface area contributed by atoms with Crippen molar-refractivity contribution in [1.82, 2.24) is 0 Å². The smallest absolute Gasteiger partial charge is 0.181 e. The van der Waals surface area contributed by atoms with E-state index in [2.05, 4.69) is 0 Å². The fourth-order valence-corrected chi connectivity index (χ4v) is 2.61. The van der Waals surface area contributed by atoms with Crippen LogP contribution in [0.4, 0.5) is 8.78 Å². The molecule has 0 bridgehead atoms. The first-order valence-corrected chi connectivity index (χ1v) is 5.94. The van der Waals surface area contributed by atoms with Crippen molar-refractivity contribution in [3.8, 4) is 0 Å². The maximum atomic E-state index is 12.8. The highest BCUT2D eigenvalue weighted by atomic mass is 32.2. The van der Waals surface area contributed by atoms with E-state index in [1.807, 2.05) is 0 Å². The van der Waals surface area contributed by atoms with Crippen molar-refractivity contribution in [3.05, 3.63) is 29.8 Å². The SMILES string of the molecule is O=S(=O)(C[C@H]1CO1)c1ccc(F)c(F)c1. The Morgan fingerprint density at radius 3 is 2.53 bits per heavy atom. The van der Waals surface area contributed by atoms with Crippen LogP contribution in [-0.2, 0) is 14.6 Å². The molecule has 1 atom stereocenters. The number of sulfone groups is 1. The van der Waals surface area contributed by atoms with Crippen LogP contribution in [0.5, 0.6) is 0 Å². The Morgan fingerprint density at radius 1 is 1.33 bits per heavy atom. The Hall–Kier alpha value is -1.01. The molecule has 0 aromatic heterocycles. The first-order valence-electron chi connectivity index (χ1n) is 4.28. The van der Waals surface area contributed by atoms with Crippen LogP contribution >= 0.6 is 0 Å². The molecular formula is C9H8F2O3S. The van der Waals surface area contributed by atoms with Crippen LogP contribution in [-0.4, -0.2) is 26.9 Å². The second-order valence-corrected chi connectivity index (χ2v) is 5.35. The van der Waals surface area contributed by atoms with Crippen molar-refractivity contribution < 1.29 is 21.9 Å². The summed E-state index contributed by atoms with van der Waals surface area (Å²) < 4.78 is 53.3. The largest absolute Gasteiger partial charge is 0.372 e. The van der Waals surface area contributed by atoms with Gasteiger partial charge in [0.05, 0.1) is 23.4 Å². The summed E-state index contributed by atoms with van der Waals surface area (Å²) in [6, 6.07) is 2.54. The second kappa shape index (κ2) is 3.53. The first kappa shape index (κ1) is 10.5. The number of halogens is 2. The maximum absolute atomic E-state index is 12.8. The lowest BCUT2D eigenvalue weighted by Gasteiger charge is -2.02. The lowest BCUT2D eigenvalue weighted by Crippen LogP contribution is -2.12. The van der Waals surface area contributed by atoms with E-state index >= 15 is 0 Å². The van der Waals surface area contributed by atoms with E-state index in [1.165, 1.54) is 0 Å². The van der Waals surface area contributed by atoms with E-state index in [1.54, 1.807) is 0 Å². The molecule has 0 aliphatic carbocycles. The molecule has 0 N–H and O–H groups in total. The number of ether oxygens (including phenoxy) is 1. The summed E-state index contributed by atoms with van der Waals surface area (Å²) in [5, 5.41) is 0. The minimum absolute atomic E-state index is 0.182. The van der Waals surface area contributed by atoms with Crippen molar-refractivity contribution in [2.45, 2.75) is 11.0 Å². The molecule has 0 spiro atoms.